The Hall–Kier alpha value is 0.200. The number of hydrogen-bond donors (Lipinski definition) is 1. The molecule has 80 valence electrons. The van der Waals surface area contributed by atoms with Crippen molar-refractivity contribution >= 4 is 22.2 Å². The van der Waals surface area contributed by atoms with Crippen LogP contribution in [0.25, 0.3) is 0 Å². The lowest BCUT2D eigenvalue weighted by Crippen LogP contribution is -2.38. The van der Waals surface area contributed by atoms with Gasteiger partial charge in [0.05, 0.1) is 10.5 Å². The summed E-state index contributed by atoms with van der Waals surface area (Å²) in [7, 11) is -2.84. The molecule has 0 unspecified atom stereocenters. The summed E-state index contributed by atoms with van der Waals surface area (Å²) in [6, 6.07) is 0. The fourth-order valence-electron chi connectivity index (χ4n) is 1.51. The molecule has 1 aliphatic rings. The minimum Gasteiger partial charge on any atom is -0.317 e. The van der Waals surface area contributed by atoms with Gasteiger partial charge < -0.3 is 5.32 Å². The lowest BCUT2D eigenvalue weighted by atomic mass is 10.2. The highest BCUT2D eigenvalue weighted by atomic mass is 35.5. The van der Waals surface area contributed by atoms with E-state index in [0.29, 0.717) is 0 Å². The second kappa shape index (κ2) is 5.17. The van der Waals surface area contributed by atoms with Crippen LogP contribution in [-0.2, 0) is 9.84 Å². The van der Waals surface area contributed by atoms with Crippen molar-refractivity contribution < 1.29 is 8.42 Å². The average molecular weight is 228 g/mol. The van der Waals surface area contributed by atoms with Gasteiger partial charge in [-0.1, -0.05) is 0 Å². The van der Waals surface area contributed by atoms with E-state index in [1.807, 2.05) is 0 Å². The lowest BCUT2D eigenvalue weighted by molar-refractivity contribution is 0.492. The number of nitrogens with one attached hydrogen (secondary N) is 1. The van der Waals surface area contributed by atoms with E-state index in [0.717, 1.165) is 25.9 Å². The van der Waals surface area contributed by atoms with Crippen molar-refractivity contribution in [1.82, 2.24) is 5.32 Å². The van der Waals surface area contributed by atoms with Gasteiger partial charge in [0, 0.05) is 0 Å². The van der Waals surface area contributed by atoms with Gasteiger partial charge in [0.1, 0.15) is 0 Å². The molecule has 0 aliphatic carbocycles. The van der Waals surface area contributed by atoms with Crippen LogP contribution in [0.5, 0.6) is 0 Å². The molecule has 0 amide bonds. The quantitative estimate of drug-likeness (QED) is 0.765. The summed E-state index contributed by atoms with van der Waals surface area (Å²) < 4.78 is 23.3. The van der Waals surface area contributed by atoms with E-state index in [2.05, 4.69) is 5.32 Å². The second-order valence-corrected chi connectivity index (χ2v) is 6.37. The molecule has 0 atom stereocenters. The molecule has 0 saturated carbocycles. The van der Waals surface area contributed by atoms with Crippen molar-refractivity contribution in [2.24, 2.45) is 0 Å². The number of piperidine rings is 1. The van der Waals surface area contributed by atoms with Crippen molar-refractivity contribution in [3.05, 3.63) is 0 Å². The first-order valence-electron chi connectivity index (χ1n) is 4.48. The van der Waals surface area contributed by atoms with Gasteiger partial charge in [-0.15, -0.1) is 12.4 Å². The molecule has 0 aromatic rings. The van der Waals surface area contributed by atoms with Crippen LogP contribution in [0.3, 0.4) is 0 Å². The molecule has 0 radical (unpaired) electrons. The van der Waals surface area contributed by atoms with Crippen LogP contribution in [0, 0.1) is 0 Å². The number of hydrogen-bond acceptors (Lipinski definition) is 3. The fourth-order valence-corrected chi connectivity index (χ4v) is 3.17. The monoisotopic (exact) mass is 227 g/mol. The molecule has 3 nitrogen and oxygen atoms in total. The standard InChI is InChI=1S/C8H17NO2S.ClH/c1-7(2)12(10,11)8-3-5-9-6-4-8;/h7-9H,3-6H2,1-2H3;1H. The first-order chi connectivity index (χ1) is 5.55. The predicted molar refractivity (Wildman–Crippen MR) is 57.2 cm³/mol. The summed E-state index contributed by atoms with van der Waals surface area (Å²) in [6.07, 6.45) is 1.56. The Balaban J connectivity index is 0.00000144. The maximum atomic E-state index is 11.7. The minimum atomic E-state index is -2.84. The van der Waals surface area contributed by atoms with Crippen molar-refractivity contribution in [3.63, 3.8) is 0 Å². The van der Waals surface area contributed by atoms with Gasteiger partial charge >= 0.3 is 0 Å². The molecule has 5 heteroatoms. The fraction of sp³-hybridized carbons (Fsp3) is 1.00. The number of halogens is 1. The minimum absolute atomic E-state index is 0. The number of rotatable bonds is 2. The van der Waals surface area contributed by atoms with Gasteiger partial charge in [0.15, 0.2) is 9.84 Å². The molecule has 1 N–H and O–H groups in total. The van der Waals surface area contributed by atoms with Crippen molar-refractivity contribution in [1.29, 1.82) is 0 Å². The SMILES string of the molecule is CC(C)S(=O)(=O)C1CCNCC1.Cl. The smallest absolute Gasteiger partial charge is 0.155 e. The topological polar surface area (TPSA) is 46.2 Å². The van der Waals surface area contributed by atoms with Gasteiger partial charge in [-0.2, -0.15) is 0 Å². The Kier molecular flexibility index (Phi) is 5.25. The van der Waals surface area contributed by atoms with Gasteiger partial charge in [0.25, 0.3) is 0 Å². The van der Waals surface area contributed by atoms with E-state index in [9.17, 15) is 8.42 Å². The van der Waals surface area contributed by atoms with E-state index >= 15 is 0 Å². The molecule has 1 aliphatic heterocycles. The zero-order chi connectivity index (χ0) is 9.19. The highest BCUT2D eigenvalue weighted by Gasteiger charge is 2.29. The summed E-state index contributed by atoms with van der Waals surface area (Å²) in [5, 5.41) is 2.84. The lowest BCUT2D eigenvalue weighted by Gasteiger charge is -2.24. The Morgan fingerprint density at radius 2 is 1.69 bits per heavy atom. The van der Waals surface area contributed by atoms with Crippen molar-refractivity contribution in [2.45, 2.75) is 37.2 Å². The number of sulfone groups is 1. The largest absolute Gasteiger partial charge is 0.317 e. The van der Waals surface area contributed by atoms with Crippen LogP contribution < -0.4 is 5.32 Å². The Labute approximate surface area is 86.6 Å². The maximum absolute atomic E-state index is 11.7. The van der Waals surface area contributed by atoms with Crippen LogP contribution in [0.1, 0.15) is 26.7 Å². The molecule has 0 aromatic heterocycles. The van der Waals surface area contributed by atoms with E-state index in [1.54, 1.807) is 13.8 Å². The first-order valence-corrected chi connectivity index (χ1v) is 6.09. The zero-order valence-corrected chi connectivity index (χ0v) is 9.75. The Bertz CT molecular complexity index is 233. The molecule has 1 rings (SSSR count). The molecule has 1 saturated heterocycles. The third-order valence-electron chi connectivity index (χ3n) is 2.41. The summed E-state index contributed by atoms with van der Waals surface area (Å²) in [6.45, 7) is 5.21. The summed E-state index contributed by atoms with van der Waals surface area (Å²) >= 11 is 0. The van der Waals surface area contributed by atoms with Crippen LogP contribution in [0.15, 0.2) is 0 Å². The van der Waals surface area contributed by atoms with E-state index in [1.165, 1.54) is 0 Å². The Morgan fingerprint density at radius 3 is 2.08 bits per heavy atom. The highest BCUT2D eigenvalue weighted by Crippen LogP contribution is 2.17. The van der Waals surface area contributed by atoms with Gasteiger partial charge in [-0.25, -0.2) is 8.42 Å². The highest BCUT2D eigenvalue weighted by molar-refractivity contribution is 7.92. The van der Waals surface area contributed by atoms with E-state index in [-0.39, 0.29) is 22.9 Å². The summed E-state index contributed by atoms with van der Waals surface area (Å²) in [5.41, 5.74) is 0. The second-order valence-electron chi connectivity index (χ2n) is 3.59. The molecule has 0 aromatic carbocycles. The Morgan fingerprint density at radius 1 is 1.23 bits per heavy atom. The molecule has 1 fully saturated rings. The maximum Gasteiger partial charge on any atom is 0.155 e. The molecule has 1 heterocycles. The van der Waals surface area contributed by atoms with Gasteiger partial charge in [-0.05, 0) is 39.8 Å². The third kappa shape index (κ3) is 3.11. The van der Waals surface area contributed by atoms with Crippen LogP contribution in [0.4, 0.5) is 0 Å². The summed E-state index contributed by atoms with van der Waals surface area (Å²) in [4.78, 5) is 0. The zero-order valence-electron chi connectivity index (χ0n) is 8.12. The van der Waals surface area contributed by atoms with Crippen LogP contribution >= 0.6 is 12.4 Å². The average Bonchev–Trinajstić information content (AvgIpc) is 2.06. The van der Waals surface area contributed by atoms with E-state index in [4.69, 9.17) is 0 Å². The normalized spacial score (nSPS) is 19.9. The molecule has 0 bridgehead atoms. The predicted octanol–water partition coefficient (Wildman–Crippen LogP) is 0.983. The molecular formula is C8H18ClNO2S. The van der Waals surface area contributed by atoms with Crippen LogP contribution in [-0.4, -0.2) is 32.0 Å². The third-order valence-corrected chi connectivity index (χ3v) is 5.12. The van der Waals surface area contributed by atoms with E-state index < -0.39 is 9.84 Å². The van der Waals surface area contributed by atoms with Crippen LogP contribution in [0.2, 0.25) is 0 Å². The van der Waals surface area contributed by atoms with Crippen molar-refractivity contribution in [3.8, 4) is 0 Å². The first kappa shape index (κ1) is 13.2. The molecule has 0 spiro atoms. The molecule has 13 heavy (non-hydrogen) atoms. The van der Waals surface area contributed by atoms with Gasteiger partial charge in [0.2, 0.25) is 0 Å². The van der Waals surface area contributed by atoms with Gasteiger partial charge in [-0.3, -0.25) is 0 Å². The molecular weight excluding hydrogens is 210 g/mol. The summed E-state index contributed by atoms with van der Waals surface area (Å²) in [5.74, 6) is 0. The van der Waals surface area contributed by atoms with Crippen molar-refractivity contribution in [2.75, 3.05) is 13.1 Å².